The zero-order valence-electron chi connectivity index (χ0n) is 6.85. The van der Waals surface area contributed by atoms with Crippen molar-refractivity contribution in [2.24, 2.45) is 0 Å². The van der Waals surface area contributed by atoms with Gasteiger partial charge in [-0.25, -0.2) is 0 Å². The van der Waals surface area contributed by atoms with E-state index in [0.29, 0.717) is 6.61 Å². The summed E-state index contributed by atoms with van der Waals surface area (Å²) in [4.78, 5) is 0. The van der Waals surface area contributed by atoms with Crippen molar-refractivity contribution in [2.75, 3.05) is 25.2 Å². The molecule has 0 radical (unpaired) electrons. The highest BCUT2D eigenvalue weighted by Crippen LogP contribution is 1.85. The SMILES string of the molecule is CCCCOCCO.ClCCl. The molecule has 4 heteroatoms. The van der Waals surface area contributed by atoms with Crippen molar-refractivity contribution in [3.63, 3.8) is 0 Å². The number of ether oxygens (including phenoxy) is 1. The number of hydrogen-bond acceptors (Lipinski definition) is 2. The van der Waals surface area contributed by atoms with Crippen LogP contribution in [-0.2, 0) is 4.74 Å². The standard InChI is InChI=1S/C6H14O2.CH2Cl2/c1-2-3-5-8-6-4-7;2-1-3/h7H,2-6H2,1H3;1H2. The molecule has 0 heterocycles. The van der Waals surface area contributed by atoms with Crippen LogP contribution in [0.15, 0.2) is 0 Å². The Balaban J connectivity index is 0. The van der Waals surface area contributed by atoms with Crippen LogP contribution in [0.1, 0.15) is 19.8 Å². The molecule has 0 aromatic carbocycles. The van der Waals surface area contributed by atoms with Crippen molar-refractivity contribution in [3.8, 4) is 0 Å². The second-order valence-electron chi connectivity index (χ2n) is 1.79. The van der Waals surface area contributed by atoms with Crippen LogP contribution < -0.4 is 0 Å². The molecule has 0 atom stereocenters. The lowest BCUT2D eigenvalue weighted by Crippen LogP contribution is -1.99. The Kier molecular flexibility index (Phi) is 21.5. The molecule has 0 unspecified atom stereocenters. The Morgan fingerprint density at radius 1 is 1.27 bits per heavy atom. The van der Waals surface area contributed by atoms with Crippen LogP contribution in [0.25, 0.3) is 0 Å². The fourth-order valence-electron chi connectivity index (χ4n) is 0.413. The summed E-state index contributed by atoms with van der Waals surface area (Å²) in [7, 11) is 0. The van der Waals surface area contributed by atoms with E-state index in [1.807, 2.05) is 0 Å². The maximum Gasteiger partial charge on any atom is 0.0967 e. The Morgan fingerprint density at radius 2 is 1.82 bits per heavy atom. The molecule has 0 aliphatic rings. The number of hydrogen-bond donors (Lipinski definition) is 1. The zero-order chi connectivity index (χ0) is 8.95. The zero-order valence-corrected chi connectivity index (χ0v) is 8.37. The van der Waals surface area contributed by atoms with Crippen molar-refractivity contribution in [1.29, 1.82) is 0 Å². The highest BCUT2D eigenvalue weighted by Gasteiger charge is 1.82. The predicted molar refractivity (Wildman–Crippen MR) is 49.4 cm³/mol. The minimum Gasteiger partial charge on any atom is -0.394 e. The smallest absolute Gasteiger partial charge is 0.0967 e. The summed E-state index contributed by atoms with van der Waals surface area (Å²) in [5.74, 6) is 0. The van der Waals surface area contributed by atoms with Gasteiger partial charge in [-0.3, -0.25) is 0 Å². The molecule has 0 amide bonds. The molecule has 1 N–H and O–H groups in total. The Morgan fingerprint density at radius 3 is 2.18 bits per heavy atom. The number of alkyl halides is 2. The van der Waals surface area contributed by atoms with Gasteiger partial charge in [-0.2, -0.15) is 0 Å². The van der Waals surface area contributed by atoms with Gasteiger partial charge in [-0.05, 0) is 6.42 Å². The number of rotatable bonds is 5. The van der Waals surface area contributed by atoms with Gasteiger partial charge in [0.25, 0.3) is 0 Å². The minimum atomic E-state index is 0.143. The van der Waals surface area contributed by atoms with Crippen LogP contribution in [0, 0.1) is 0 Å². The first-order valence-corrected chi connectivity index (χ1v) is 4.70. The van der Waals surface area contributed by atoms with Crippen molar-refractivity contribution < 1.29 is 9.84 Å². The summed E-state index contributed by atoms with van der Waals surface area (Å²) in [6.45, 7) is 3.53. The average Bonchev–Trinajstić information content (AvgIpc) is 2.00. The third-order valence-corrected chi connectivity index (χ3v) is 0.878. The molecule has 0 rings (SSSR count). The fraction of sp³-hybridized carbons (Fsp3) is 1.00. The molecule has 0 saturated carbocycles. The predicted octanol–water partition coefficient (Wildman–Crippen LogP) is 2.22. The Bertz CT molecular complexity index is 47.7. The van der Waals surface area contributed by atoms with E-state index >= 15 is 0 Å². The molecule has 0 bridgehead atoms. The van der Waals surface area contributed by atoms with E-state index in [2.05, 4.69) is 6.92 Å². The molecule has 2 nitrogen and oxygen atoms in total. The first kappa shape index (κ1) is 14.0. The van der Waals surface area contributed by atoms with E-state index in [1.54, 1.807) is 0 Å². The quantitative estimate of drug-likeness (QED) is 0.548. The molecule has 0 fully saturated rings. The average molecular weight is 203 g/mol. The van der Waals surface area contributed by atoms with Gasteiger partial charge in [0.15, 0.2) is 0 Å². The minimum absolute atomic E-state index is 0.143. The first-order valence-electron chi connectivity index (χ1n) is 3.64. The van der Waals surface area contributed by atoms with Gasteiger partial charge >= 0.3 is 0 Å². The lowest BCUT2D eigenvalue weighted by atomic mass is 10.4. The normalized spacial score (nSPS) is 8.73. The fourth-order valence-corrected chi connectivity index (χ4v) is 0.413. The van der Waals surface area contributed by atoms with Crippen molar-refractivity contribution >= 4 is 23.2 Å². The van der Waals surface area contributed by atoms with Gasteiger partial charge in [0.1, 0.15) is 0 Å². The van der Waals surface area contributed by atoms with Crippen LogP contribution in [0.3, 0.4) is 0 Å². The molecule has 0 aromatic heterocycles. The Labute approximate surface area is 78.4 Å². The summed E-state index contributed by atoms with van der Waals surface area (Å²) < 4.78 is 4.97. The first-order chi connectivity index (χ1) is 5.33. The van der Waals surface area contributed by atoms with Crippen LogP contribution in [0.4, 0.5) is 0 Å². The number of unbranched alkanes of at least 4 members (excludes halogenated alkanes) is 1. The van der Waals surface area contributed by atoms with Gasteiger partial charge < -0.3 is 9.84 Å². The van der Waals surface area contributed by atoms with Crippen molar-refractivity contribution in [3.05, 3.63) is 0 Å². The highest BCUT2D eigenvalue weighted by molar-refractivity contribution is 6.40. The lowest BCUT2D eigenvalue weighted by Gasteiger charge is -1.97. The molecular weight excluding hydrogens is 187 g/mol. The molecule has 0 aliphatic heterocycles. The van der Waals surface area contributed by atoms with Gasteiger partial charge in [-0.15, -0.1) is 23.2 Å². The van der Waals surface area contributed by atoms with E-state index in [0.717, 1.165) is 19.4 Å². The third-order valence-electron chi connectivity index (χ3n) is 0.878. The van der Waals surface area contributed by atoms with Gasteiger partial charge in [0.2, 0.25) is 0 Å². The van der Waals surface area contributed by atoms with Gasteiger partial charge in [0.05, 0.1) is 18.6 Å². The van der Waals surface area contributed by atoms with E-state index in [4.69, 9.17) is 33.0 Å². The molecule has 0 aliphatic carbocycles. The topological polar surface area (TPSA) is 29.5 Å². The summed E-state index contributed by atoms with van der Waals surface area (Å²) in [6, 6.07) is 0. The monoisotopic (exact) mass is 202 g/mol. The maximum absolute atomic E-state index is 8.24. The van der Waals surface area contributed by atoms with Gasteiger partial charge in [0, 0.05) is 6.61 Å². The molecule has 11 heavy (non-hydrogen) atoms. The second kappa shape index (κ2) is 16.8. The maximum atomic E-state index is 8.24. The summed E-state index contributed by atoms with van der Waals surface area (Å²) in [5.41, 5.74) is 0. The van der Waals surface area contributed by atoms with Crippen LogP contribution in [0.5, 0.6) is 0 Å². The van der Waals surface area contributed by atoms with Crippen molar-refractivity contribution in [2.45, 2.75) is 19.8 Å². The van der Waals surface area contributed by atoms with Crippen molar-refractivity contribution in [1.82, 2.24) is 0 Å². The molecule has 0 saturated heterocycles. The highest BCUT2D eigenvalue weighted by atomic mass is 35.5. The molecule has 0 aromatic rings. The van der Waals surface area contributed by atoms with E-state index in [1.165, 1.54) is 0 Å². The third kappa shape index (κ3) is 25.1. The summed E-state index contributed by atoms with van der Waals surface area (Å²) >= 11 is 9.53. The molecular formula is C7H16Cl2O2. The largest absolute Gasteiger partial charge is 0.394 e. The summed E-state index contributed by atoms with van der Waals surface area (Å²) in [5, 5.41) is 8.44. The number of halogens is 2. The molecule has 0 spiro atoms. The summed E-state index contributed by atoms with van der Waals surface area (Å²) in [6.07, 6.45) is 2.26. The van der Waals surface area contributed by atoms with E-state index < -0.39 is 0 Å². The number of aliphatic hydroxyl groups is 1. The van der Waals surface area contributed by atoms with Crippen LogP contribution >= 0.6 is 23.2 Å². The van der Waals surface area contributed by atoms with Crippen LogP contribution in [0.2, 0.25) is 0 Å². The molecule has 70 valence electrons. The van der Waals surface area contributed by atoms with E-state index in [9.17, 15) is 0 Å². The Hall–Kier alpha value is 0.500. The van der Waals surface area contributed by atoms with Gasteiger partial charge in [-0.1, -0.05) is 13.3 Å². The van der Waals surface area contributed by atoms with Crippen LogP contribution in [-0.4, -0.2) is 30.3 Å². The lowest BCUT2D eigenvalue weighted by molar-refractivity contribution is 0.0904. The van der Waals surface area contributed by atoms with E-state index in [-0.39, 0.29) is 11.9 Å². The second-order valence-corrected chi connectivity index (χ2v) is 2.60. The number of aliphatic hydroxyl groups excluding tert-OH is 1.